The van der Waals surface area contributed by atoms with E-state index in [0.29, 0.717) is 18.8 Å². The largest absolute Gasteiger partial charge is 0.495 e. The summed E-state index contributed by atoms with van der Waals surface area (Å²) >= 11 is 0. The van der Waals surface area contributed by atoms with E-state index >= 15 is 0 Å². The normalized spacial score (nSPS) is 14.6. The van der Waals surface area contributed by atoms with Crippen molar-refractivity contribution >= 4 is 27.3 Å². The lowest BCUT2D eigenvalue weighted by Crippen LogP contribution is -2.28. The molecule has 0 unspecified atom stereocenters. The first-order chi connectivity index (χ1) is 13.7. The van der Waals surface area contributed by atoms with Gasteiger partial charge < -0.3 is 15.0 Å². The fraction of sp³-hybridized carbons (Fsp3) is 0.381. The van der Waals surface area contributed by atoms with Gasteiger partial charge in [-0.05, 0) is 61.7 Å². The van der Waals surface area contributed by atoms with E-state index in [0.717, 1.165) is 24.1 Å². The number of hydrogen-bond donors (Lipinski definition) is 1. The molecule has 1 fully saturated rings. The van der Waals surface area contributed by atoms with Crippen molar-refractivity contribution in [3.05, 3.63) is 47.5 Å². The Balaban J connectivity index is 1.90. The molecule has 2 aromatic rings. The third-order valence-corrected chi connectivity index (χ3v) is 7.00. The summed E-state index contributed by atoms with van der Waals surface area (Å²) in [7, 11) is 1.62. The molecule has 3 rings (SSSR count). The third-order valence-electron chi connectivity index (χ3n) is 5.08. The highest BCUT2D eigenvalue weighted by atomic mass is 32.2. The zero-order valence-corrected chi connectivity index (χ0v) is 18.0. The Labute approximate surface area is 172 Å². The highest BCUT2D eigenvalue weighted by Gasteiger charge is 2.30. The quantitative estimate of drug-likeness (QED) is 0.781. The van der Waals surface area contributed by atoms with Crippen molar-refractivity contribution in [2.45, 2.75) is 24.7 Å². The molecule has 1 N–H and O–H groups in total. The van der Waals surface area contributed by atoms with Crippen LogP contribution < -0.4 is 15.0 Å². The molecular formula is C21H27N3O4S. The number of aryl methyl sites for hydroxylation is 1. The predicted molar refractivity (Wildman–Crippen MR) is 114 cm³/mol. The van der Waals surface area contributed by atoms with E-state index in [-0.39, 0.29) is 22.1 Å². The van der Waals surface area contributed by atoms with Crippen molar-refractivity contribution in [1.82, 2.24) is 4.31 Å². The average Bonchev–Trinajstić information content (AvgIpc) is 3.24. The van der Waals surface area contributed by atoms with Crippen LogP contribution in [-0.4, -0.2) is 52.9 Å². The Morgan fingerprint density at radius 1 is 1.10 bits per heavy atom. The van der Waals surface area contributed by atoms with Gasteiger partial charge in [0.1, 0.15) is 10.6 Å². The van der Waals surface area contributed by atoms with Gasteiger partial charge in [0.2, 0.25) is 10.0 Å². The van der Waals surface area contributed by atoms with Crippen molar-refractivity contribution in [1.29, 1.82) is 0 Å². The van der Waals surface area contributed by atoms with Crippen molar-refractivity contribution in [3.8, 4) is 5.75 Å². The van der Waals surface area contributed by atoms with Crippen LogP contribution in [-0.2, 0) is 10.0 Å². The summed E-state index contributed by atoms with van der Waals surface area (Å²) in [4.78, 5) is 14.8. The summed E-state index contributed by atoms with van der Waals surface area (Å²) in [6, 6.07) is 10.2. The van der Waals surface area contributed by atoms with Crippen LogP contribution in [0.5, 0.6) is 5.75 Å². The van der Waals surface area contributed by atoms with E-state index in [1.54, 1.807) is 6.07 Å². The van der Waals surface area contributed by atoms with Crippen LogP contribution in [0.2, 0.25) is 0 Å². The first kappa shape index (κ1) is 21.1. The van der Waals surface area contributed by atoms with Crippen LogP contribution >= 0.6 is 0 Å². The minimum absolute atomic E-state index is 0.0224. The van der Waals surface area contributed by atoms with Crippen LogP contribution in [0.1, 0.15) is 28.8 Å². The first-order valence-electron chi connectivity index (χ1n) is 9.51. The number of sulfonamides is 1. The monoisotopic (exact) mass is 417 g/mol. The second kappa shape index (κ2) is 8.42. The smallest absolute Gasteiger partial charge is 0.255 e. The summed E-state index contributed by atoms with van der Waals surface area (Å²) in [5.41, 5.74) is 2.90. The van der Waals surface area contributed by atoms with Gasteiger partial charge in [-0.15, -0.1) is 0 Å². The molecule has 0 atom stereocenters. The van der Waals surface area contributed by atoms with Crippen LogP contribution in [0.15, 0.2) is 41.3 Å². The highest BCUT2D eigenvalue weighted by Crippen LogP contribution is 2.30. The summed E-state index contributed by atoms with van der Waals surface area (Å²) in [5, 5.41) is 2.87. The van der Waals surface area contributed by atoms with Crippen LogP contribution in [0, 0.1) is 6.92 Å². The summed E-state index contributed by atoms with van der Waals surface area (Å²) in [6.07, 6.45) is 1.67. The van der Waals surface area contributed by atoms with Gasteiger partial charge in [0.15, 0.2) is 0 Å². The van der Waals surface area contributed by atoms with E-state index in [4.69, 9.17) is 4.74 Å². The molecule has 0 aromatic heterocycles. The Morgan fingerprint density at radius 2 is 1.79 bits per heavy atom. The van der Waals surface area contributed by atoms with E-state index in [2.05, 4.69) is 5.32 Å². The summed E-state index contributed by atoms with van der Waals surface area (Å²) < 4.78 is 32.7. The summed E-state index contributed by atoms with van der Waals surface area (Å²) in [5.74, 6) is -0.133. The molecule has 156 valence electrons. The number of nitrogens with one attached hydrogen (secondary N) is 1. The molecule has 29 heavy (non-hydrogen) atoms. The number of amides is 1. The molecular weight excluding hydrogens is 390 g/mol. The molecule has 2 aromatic carbocycles. The SMILES string of the molecule is COc1ccc(C(=O)Nc2ccc(N(C)C)cc2C)cc1S(=O)(=O)N1CCCC1. The van der Waals surface area contributed by atoms with E-state index in [1.807, 2.05) is 44.1 Å². The Morgan fingerprint density at radius 3 is 2.38 bits per heavy atom. The van der Waals surface area contributed by atoms with E-state index in [1.165, 1.54) is 23.5 Å². The van der Waals surface area contributed by atoms with Gasteiger partial charge in [0.25, 0.3) is 5.91 Å². The number of methoxy groups -OCH3 is 1. The Hall–Kier alpha value is -2.58. The number of hydrogen-bond acceptors (Lipinski definition) is 5. The number of benzene rings is 2. The van der Waals surface area contributed by atoms with Gasteiger partial charge in [-0.3, -0.25) is 4.79 Å². The first-order valence-corrected chi connectivity index (χ1v) is 11.0. The maximum absolute atomic E-state index is 13.0. The minimum Gasteiger partial charge on any atom is -0.495 e. The molecule has 1 heterocycles. The Kier molecular flexibility index (Phi) is 6.14. The molecule has 1 saturated heterocycles. The van der Waals surface area contributed by atoms with Gasteiger partial charge in [0, 0.05) is 44.1 Å². The van der Waals surface area contributed by atoms with Gasteiger partial charge >= 0.3 is 0 Å². The predicted octanol–water partition coefficient (Wildman–Crippen LogP) is 3.11. The van der Waals surface area contributed by atoms with Gasteiger partial charge in [0.05, 0.1) is 7.11 Å². The van der Waals surface area contributed by atoms with Crippen LogP contribution in [0.3, 0.4) is 0 Å². The maximum atomic E-state index is 13.0. The van der Waals surface area contributed by atoms with Crippen LogP contribution in [0.4, 0.5) is 11.4 Å². The van der Waals surface area contributed by atoms with Crippen molar-refractivity contribution in [2.75, 3.05) is 44.5 Å². The number of nitrogens with zero attached hydrogens (tertiary/aromatic N) is 2. The maximum Gasteiger partial charge on any atom is 0.255 e. The van der Waals surface area contributed by atoms with Crippen LogP contribution in [0.25, 0.3) is 0 Å². The molecule has 8 heteroatoms. The van der Waals surface area contributed by atoms with Crippen molar-refractivity contribution < 1.29 is 17.9 Å². The van der Waals surface area contributed by atoms with Gasteiger partial charge in [-0.2, -0.15) is 4.31 Å². The highest BCUT2D eigenvalue weighted by molar-refractivity contribution is 7.89. The molecule has 7 nitrogen and oxygen atoms in total. The average molecular weight is 418 g/mol. The van der Waals surface area contributed by atoms with Gasteiger partial charge in [-0.25, -0.2) is 8.42 Å². The lowest BCUT2D eigenvalue weighted by Gasteiger charge is -2.18. The fourth-order valence-electron chi connectivity index (χ4n) is 3.35. The van der Waals surface area contributed by atoms with E-state index < -0.39 is 10.0 Å². The second-order valence-corrected chi connectivity index (χ2v) is 9.23. The molecule has 0 saturated carbocycles. The van der Waals surface area contributed by atoms with Crippen molar-refractivity contribution in [3.63, 3.8) is 0 Å². The lowest BCUT2D eigenvalue weighted by molar-refractivity contribution is 0.102. The number of ether oxygens (including phenoxy) is 1. The third kappa shape index (κ3) is 4.38. The van der Waals surface area contributed by atoms with E-state index in [9.17, 15) is 13.2 Å². The zero-order chi connectivity index (χ0) is 21.2. The molecule has 0 aliphatic carbocycles. The number of carbonyl (C=O) groups excluding carboxylic acids is 1. The Bertz CT molecular complexity index is 1010. The molecule has 0 radical (unpaired) electrons. The lowest BCUT2D eigenvalue weighted by atomic mass is 10.1. The topological polar surface area (TPSA) is 79.0 Å². The molecule has 1 amide bonds. The molecule has 1 aliphatic rings. The minimum atomic E-state index is -3.71. The fourth-order valence-corrected chi connectivity index (χ4v) is 5.05. The number of anilines is 2. The van der Waals surface area contributed by atoms with Gasteiger partial charge in [-0.1, -0.05) is 0 Å². The zero-order valence-electron chi connectivity index (χ0n) is 17.2. The standard InChI is InChI=1S/C21H27N3O4S/c1-15-13-17(23(2)3)8-9-18(15)22-21(25)16-7-10-19(28-4)20(14-16)29(26,27)24-11-5-6-12-24/h7-10,13-14H,5-6,11-12H2,1-4H3,(H,22,25). The number of carbonyl (C=O) groups is 1. The molecule has 1 aliphatic heterocycles. The van der Waals surface area contributed by atoms with Crippen molar-refractivity contribution in [2.24, 2.45) is 0 Å². The second-order valence-electron chi connectivity index (χ2n) is 7.32. The molecule has 0 bridgehead atoms. The molecule has 0 spiro atoms. The summed E-state index contributed by atoms with van der Waals surface area (Å²) in [6.45, 7) is 2.89. The number of rotatable bonds is 6.